The summed E-state index contributed by atoms with van der Waals surface area (Å²) in [6, 6.07) is 1.46. The zero-order valence-electron chi connectivity index (χ0n) is 9.32. The molecule has 1 heterocycles. The Morgan fingerprint density at radius 1 is 1.08 bits per heavy atom. The van der Waals surface area contributed by atoms with Crippen molar-refractivity contribution in [2.75, 3.05) is 0 Å². The van der Waals surface area contributed by atoms with Crippen molar-refractivity contribution in [1.29, 1.82) is 0 Å². The van der Waals surface area contributed by atoms with Crippen LogP contribution in [-0.4, -0.2) is 72.4 Å². The summed E-state index contributed by atoms with van der Waals surface area (Å²) >= 11 is 0. The van der Waals surface area contributed by atoms with E-state index in [-0.39, 0.29) is 57.0 Å². The molecule has 0 aromatic carbocycles. The van der Waals surface area contributed by atoms with Gasteiger partial charge in [-0.2, -0.15) is 0 Å². The minimum absolute atomic E-state index is 0. The Hall–Kier alpha value is 2.03. The van der Waals surface area contributed by atoms with E-state index >= 15 is 0 Å². The monoisotopic (exact) mass is 242 g/mol. The Bertz CT molecular complexity index is 190. The Kier molecular flexibility index (Phi) is 5.19. The Morgan fingerprint density at radius 2 is 1.54 bits per heavy atom. The molecular weight excluding hydrogens is 219 g/mol. The predicted molar refractivity (Wildman–Crippen MR) is 66.7 cm³/mol. The molecule has 0 radical (unpaired) electrons. The third-order valence-corrected chi connectivity index (χ3v) is 20.2. The van der Waals surface area contributed by atoms with Gasteiger partial charge in [0.05, 0.1) is 13.2 Å². The van der Waals surface area contributed by atoms with E-state index in [9.17, 15) is 0 Å². The van der Waals surface area contributed by atoms with Crippen LogP contribution in [-0.2, 0) is 4.43 Å². The Balaban J connectivity index is 0.00000144. The van der Waals surface area contributed by atoms with Crippen molar-refractivity contribution < 1.29 is 4.43 Å². The number of hydrogen-bond donors (Lipinski definition) is 0. The van der Waals surface area contributed by atoms with Gasteiger partial charge in [-0.05, 0) is 33.4 Å². The van der Waals surface area contributed by atoms with Gasteiger partial charge in [-0.15, -0.1) is 0 Å². The second-order valence-corrected chi connectivity index (χ2v) is 20.9. The van der Waals surface area contributed by atoms with Crippen LogP contribution in [0.3, 0.4) is 0 Å². The summed E-state index contributed by atoms with van der Waals surface area (Å²) in [5, 5.41) is 0. The van der Waals surface area contributed by atoms with Crippen molar-refractivity contribution in [1.82, 2.24) is 0 Å². The van der Waals surface area contributed by atoms with Gasteiger partial charge in [0.2, 0.25) is 0 Å². The zero-order chi connectivity index (χ0) is 9.62. The molecule has 1 fully saturated rings. The predicted octanol–water partition coefficient (Wildman–Crippen LogP) is 2.53. The van der Waals surface area contributed by atoms with Crippen molar-refractivity contribution in [3.8, 4) is 0 Å². The molecule has 1 nitrogen and oxygen atoms in total. The first-order valence-electron chi connectivity index (χ1n) is 4.87. The van der Waals surface area contributed by atoms with Crippen molar-refractivity contribution in [3.63, 3.8) is 0 Å². The van der Waals surface area contributed by atoms with Crippen LogP contribution >= 0.6 is 0 Å². The van der Waals surface area contributed by atoms with Gasteiger partial charge < -0.3 is 4.43 Å². The van der Waals surface area contributed by atoms with Gasteiger partial charge in [0.25, 0.3) is 0 Å². The first kappa shape index (κ1) is 15.0. The summed E-state index contributed by atoms with van der Waals surface area (Å²) in [5.74, 6) is 0. The molecule has 0 atom stereocenters. The molecule has 1 saturated heterocycles. The van der Waals surface area contributed by atoms with Gasteiger partial charge in [-0.1, -0.05) is 19.1 Å². The molecule has 0 spiro atoms. The van der Waals surface area contributed by atoms with E-state index in [1.807, 2.05) is 0 Å². The fraction of sp³-hybridized carbons (Fsp3) is 1.00. The molecule has 74 valence electrons. The van der Waals surface area contributed by atoms with Gasteiger partial charge in [-0.3, -0.25) is 0 Å². The molecule has 0 aromatic rings. The third-order valence-electron chi connectivity index (χ3n) is 3.51. The molecule has 0 amide bonds. The molecule has 1 rings (SSSR count). The summed E-state index contributed by atoms with van der Waals surface area (Å²) in [5.41, 5.74) is 0.165. The van der Waals surface area contributed by atoms with E-state index in [4.69, 9.17) is 4.43 Å². The van der Waals surface area contributed by atoms with Gasteiger partial charge in [0.15, 0.2) is 7.83 Å². The zero-order valence-corrected chi connectivity index (χ0v) is 11.3. The van der Waals surface area contributed by atoms with Crippen LogP contribution in [0.25, 0.3) is 0 Å². The van der Waals surface area contributed by atoms with Gasteiger partial charge in [-0.25, -0.2) is 0 Å². The number of rotatable bonds is 0. The molecular formula is C9H23KOSi2. The molecule has 4 heteroatoms. The Morgan fingerprint density at radius 3 is 1.85 bits per heavy atom. The van der Waals surface area contributed by atoms with Crippen molar-refractivity contribution >= 4 is 66.8 Å². The molecule has 1 aliphatic heterocycles. The second kappa shape index (κ2) is 4.49. The van der Waals surface area contributed by atoms with Crippen LogP contribution in [0.15, 0.2) is 0 Å². The first-order valence-corrected chi connectivity index (χ1v) is 12.0. The van der Waals surface area contributed by atoms with E-state index in [1.54, 1.807) is 0 Å². The van der Waals surface area contributed by atoms with E-state index < -0.39 is 15.4 Å². The minimum atomic E-state index is -1.31. The summed E-state index contributed by atoms with van der Waals surface area (Å²) in [4.78, 5) is 0. The van der Waals surface area contributed by atoms with E-state index in [2.05, 4.69) is 40.0 Å². The van der Waals surface area contributed by atoms with Crippen LogP contribution in [0.5, 0.6) is 0 Å². The summed E-state index contributed by atoms with van der Waals surface area (Å²) < 4.78 is 6.28. The van der Waals surface area contributed by atoms with Crippen LogP contribution < -0.4 is 0 Å². The Labute approximate surface area is 127 Å². The quantitative estimate of drug-likeness (QED) is 0.593. The molecule has 0 unspecified atom stereocenters. The van der Waals surface area contributed by atoms with E-state index in [0.29, 0.717) is 0 Å². The molecule has 0 bridgehead atoms. The van der Waals surface area contributed by atoms with Gasteiger partial charge >= 0.3 is 51.4 Å². The first-order chi connectivity index (χ1) is 5.16. The van der Waals surface area contributed by atoms with Crippen molar-refractivity contribution in [2.24, 2.45) is 0 Å². The van der Waals surface area contributed by atoms with Crippen LogP contribution in [0, 0.1) is 0 Å². The average Bonchev–Trinajstić information content (AvgIpc) is 1.79. The van der Waals surface area contributed by atoms with Crippen LogP contribution in [0.2, 0.25) is 32.2 Å². The topological polar surface area (TPSA) is 9.23 Å². The average molecular weight is 243 g/mol. The summed E-state index contributed by atoms with van der Waals surface area (Å²) in [7, 11) is -2.30. The van der Waals surface area contributed by atoms with Crippen molar-refractivity contribution in [3.05, 3.63) is 0 Å². The third kappa shape index (κ3) is 3.52. The fourth-order valence-corrected chi connectivity index (χ4v) is 9.22. The fourth-order valence-electron chi connectivity index (χ4n) is 1.79. The second-order valence-electron chi connectivity index (χ2n) is 5.76. The summed E-state index contributed by atoms with van der Waals surface area (Å²) in [6.45, 7) is 14.3. The molecule has 0 saturated carbocycles. The van der Waals surface area contributed by atoms with E-state index in [1.165, 1.54) is 12.5 Å². The summed E-state index contributed by atoms with van der Waals surface area (Å²) in [6.07, 6.45) is 1.27. The van der Waals surface area contributed by atoms with Gasteiger partial charge in [0.1, 0.15) is 0 Å². The maximum absolute atomic E-state index is 6.28. The van der Waals surface area contributed by atoms with Gasteiger partial charge in [0, 0.05) is 0 Å². The SMILES string of the molecule is CC1(C)CC[Si](C)(C)[Si](C)(C)O1.[KH]. The molecule has 0 aromatic heterocycles. The van der Waals surface area contributed by atoms with Crippen LogP contribution in [0.1, 0.15) is 20.3 Å². The standard InChI is InChI=1S/C9H22OSi2.K.H/c1-9(2)7-8-11(3,4)12(5,6)10-9;;/h7-8H2,1-6H3;;. The number of hydrogen-bond acceptors (Lipinski definition) is 1. The van der Waals surface area contributed by atoms with Crippen molar-refractivity contribution in [2.45, 2.75) is 58.1 Å². The molecule has 0 aliphatic carbocycles. The van der Waals surface area contributed by atoms with E-state index in [0.717, 1.165) is 0 Å². The maximum atomic E-state index is 6.28. The normalized spacial score (nSPS) is 29.1. The molecule has 1 aliphatic rings. The molecule has 0 N–H and O–H groups in total. The molecule has 13 heavy (non-hydrogen) atoms. The van der Waals surface area contributed by atoms with Crippen LogP contribution in [0.4, 0.5) is 0 Å².